The molecule has 1 N–H and O–H groups in total. The zero-order chi connectivity index (χ0) is 12.5. The summed E-state index contributed by atoms with van der Waals surface area (Å²) >= 11 is 7.44. The van der Waals surface area contributed by atoms with Crippen LogP contribution < -0.4 is 5.32 Å². The minimum atomic E-state index is 0.257. The molecule has 5 nitrogen and oxygen atoms in total. The molecule has 0 fully saturated rings. The van der Waals surface area contributed by atoms with Gasteiger partial charge in [0.05, 0.1) is 11.9 Å². The Kier molecular flexibility index (Phi) is 2.89. The van der Waals surface area contributed by atoms with E-state index in [9.17, 15) is 0 Å². The number of hydrogen-bond acceptors (Lipinski definition) is 5. The van der Waals surface area contributed by atoms with Crippen LogP contribution in [0.1, 0.15) is 5.82 Å². The molecule has 0 atom stereocenters. The predicted octanol–water partition coefficient (Wildman–Crippen LogP) is 2.69. The smallest absolute Gasteiger partial charge is 0.225 e. The van der Waals surface area contributed by atoms with Gasteiger partial charge < -0.3 is 9.88 Å². The highest BCUT2D eigenvalue weighted by atomic mass is 35.5. The van der Waals surface area contributed by atoms with Gasteiger partial charge in [-0.3, -0.25) is 0 Å². The molecule has 3 aromatic heterocycles. The molecule has 92 valence electrons. The molecule has 0 radical (unpaired) electrons. The fourth-order valence-corrected chi connectivity index (χ4v) is 2.68. The fraction of sp³-hybridized carbons (Fsp3) is 0.182. The normalized spacial score (nSPS) is 11.0. The average Bonchev–Trinajstić information content (AvgIpc) is 2.94. The molecule has 0 aliphatic rings. The van der Waals surface area contributed by atoms with Gasteiger partial charge in [0.2, 0.25) is 5.28 Å². The second kappa shape index (κ2) is 4.55. The van der Waals surface area contributed by atoms with Crippen LogP contribution >= 0.6 is 22.9 Å². The number of nitrogens with one attached hydrogen (secondary N) is 1. The van der Waals surface area contributed by atoms with Gasteiger partial charge >= 0.3 is 0 Å². The number of imidazole rings is 1. The molecule has 0 aliphatic heterocycles. The first-order chi connectivity index (χ1) is 8.74. The molecule has 3 aromatic rings. The van der Waals surface area contributed by atoms with Crippen LogP contribution in [0.25, 0.3) is 10.2 Å². The van der Waals surface area contributed by atoms with Crippen molar-refractivity contribution in [3.63, 3.8) is 0 Å². The Morgan fingerprint density at radius 1 is 1.44 bits per heavy atom. The number of aryl methyl sites for hydroxylation is 1. The molecule has 0 amide bonds. The molecule has 0 aromatic carbocycles. The van der Waals surface area contributed by atoms with Gasteiger partial charge in [-0.15, -0.1) is 11.3 Å². The van der Waals surface area contributed by atoms with Crippen LogP contribution in [0.5, 0.6) is 0 Å². The van der Waals surface area contributed by atoms with Crippen molar-refractivity contribution < 1.29 is 0 Å². The number of anilines is 1. The highest BCUT2D eigenvalue weighted by Crippen LogP contribution is 2.26. The highest BCUT2D eigenvalue weighted by Gasteiger charge is 2.08. The van der Waals surface area contributed by atoms with Gasteiger partial charge in [-0.2, -0.15) is 0 Å². The number of halogens is 1. The Morgan fingerprint density at radius 3 is 3.11 bits per heavy atom. The molecule has 18 heavy (non-hydrogen) atoms. The molecule has 0 unspecified atom stereocenters. The summed E-state index contributed by atoms with van der Waals surface area (Å²) in [6.45, 7) is 0.599. The molecule has 0 spiro atoms. The van der Waals surface area contributed by atoms with Crippen LogP contribution in [0.3, 0.4) is 0 Å². The zero-order valence-corrected chi connectivity index (χ0v) is 11.2. The number of thiophene rings is 1. The quantitative estimate of drug-likeness (QED) is 0.749. The van der Waals surface area contributed by atoms with E-state index in [1.165, 1.54) is 0 Å². The van der Waals surface area contributed by atoms with E-state index in [2.05, 4.69) is 20.3 Å². The van der Waals surface area contributed by atoms with Crippen molar-refractivity contribution in [2.45, 2.75) is 6.54 Å². The topological polar surface area (TPSA) is 55.6 Å². The first-order valence-corrected chi connectivity index (χ1v) is 6.60. The summed E-state index contributed by atoms with van der Waals surface area (Å²) in [5, 5.41) is 6.46. The Hall–Kier alpha value is -1.66. The third-order valence-electron chi connectivity index (χ3n) is 2.63. The maximum Gasteiger partial charge on any atom is 0.225 e. The minimum absolute atomic E-state index is 0.257. The summed E-state index contributed by atoms with van der Waals surface area (Å²) < 4.78 is 1.96. The maximum absolute atomic E-state index is 5.90. The number of fused-ring (bicyclic) bond motifs is 1. The van der Waals surface area contributed by atoms with Crippen LogP contribution in [0.2, 0.25) is 5.28 Å². The summed E-state index contributed by atoms with van der Waals surface area (Å²) in [6, 6.07) is 1.98. The lowest BCUT2D eigenvalue weighted by Gasteiger charge is -2.07. The summed E-state index contributed by atoms with van der Waals surface area (Å²) in [7, 11) is 1.96. The van der Waals surface area contributed by atoms with Crippen LogP contribution in [0.15, 0.2) is 23.8 Å². The third-order valence-corrected chi connectivity index (χ3v) is 3.61. The van der Waals surface area contributed by atoms with E-state index in [1.54, 1.807) is 17.5 Å². The summed E-state index contributed by atoms with van der Waals surface area (Å²) in [5.74, 6) is 1.68. The Morgan fingerprint density at radius 2 is 2.33 bits per heavy atom. The second-order valence-corrected chi connectivity index (χ2v) is 5.02. The van der Waals surface area contributed by atoms with Crippen LogP contribution in [0.4, 0.5) is 5.82 Å². The zero-order valence-electron chi connectivity index (χ0n) is 9.59. The van der Waals surface area contributed by atoms with E-state index in [1.807, 2.05) is 29.3 Å². The second-order valence-electron chi connectivity index (χ2n) is 3.79. The molecule has 7 heteroatoms. The van der Waals surface area contributed by atoms with Crippen molar-refractivity contribution >= 4 is 39.0 Å². The number of nitrogens with zero attached hydrogens (tertiary/aromatic N) is 4. The van der Waals surface area contributed by atoms with Crippen LogP contribution in [-0.4, -0.2) is 19.5 Å². The van der Waals surface area contributed by atoms with E-state index >= 15 is 0 Å². The van der Waals surface area contributed by atoms with Gasteiger partial charge in [-0.25, -0.2) is 15.0 Å². The van der Waals surface area contributed by atoms with Crippen molar-refractivity contribution in [3.05, 3.63) is 34.9 Å². The van der Waals surface area contributed by atoms with Gasteiger partial charge in [-0.1, -0.05) is 0 Å². The van der Waals surface area contributed by atoms with Crippen LogP contribution in [0, 0.1) is 0 Å². The molecule has 0 bridgehead atoms. The maximum atomic E-state index is 5.90. The van der Waals surface area contributed by atoms with Crippen molar-refractivity contribution in [1.82, 2.24) is 19.5 Å². The van der Waals surface area contributed by atoms with Gasteiger partial charge in [0.15, 0.2) is 0 Å². The largest absolute Gasteiger partial charge is 0.362 e. The number of rotatable bonds is 3. The fourth-order valence-electron chi connectivity index (χ4n) is 1.69. The summed E-state index contributed by atoms with van der Waals surface area (Å²) in [5.41, 5.74) is 0. The Labute approximate surface area is 112 Å². The van der Waals surface area contributed by atoms with E-state index in [4.69, 9.17) is 11.6 Å². The SMILES string of the molecule is Cn1ccnc1CNc1nc(Cl)nc2sccc12. The van der Waals surface area contributed by atoms with E-state index in [-0.39, 0.29) is 5.28 Å². The summed E-state index contributed by atoms with van der Waals surface area (Å²) in [4.78, 5) is 13.5. The lowest BCUT2D eigenvalue weighted by molar-refractivity contribution is 0.811. The number of hydrogen-bond donors (Lipinski definition) is 1. The Balaban J connectivity index is 1.90. The summed E-state index contributed by atoms with van der Waals surface area (Å²) in [6.07, 6.45) is 3.67. The standard InChI is InChI=1S/C11H10ClN5S/c1-17-4-3-13-8(17)6-14-9-7-2-5-18-10(7)16-11(12)15-9/h2-5H,6H2,1H3,(H,14,15,16). The van der Waals surface area contributed by atoms with E-state index in [0.717, 1.165) is 21.9 Å². The van der Waals surface area contributed by atoms with Gasteiger partial charge in [0, 0.05) is 19.4 Å². The first-order valence-electron chi connectivity index (χ1n) is 5.35. The minimum Gasteiger partial charge on any atom is -0.362 e. The molecule has 3 heterocycles. The molecule has 0 aliphatic carbocycles. The number of aromatic nitrogens is 4. The monoisotopic (exact) mass is 279 g/mol. The molecule has 0 saturated carbocycles. The molecule has 3 rings (SSSR count). The van der Waals surface area contributed by atoms with Gasteiger partial charge in [0.1, 0.15) is 16.5 Å². The van der Waals surface area contributed by atoms with Crippen LogP contribution in [-0.2, 0) is 13.6 Å². The molecular formula is C11H10ClN5S. The predicted molar refractivity (Wildman–Crippen MR) is 73.0 cm³/mol. The third kappa shape index (κ3) is 2.04. The van der Waals surface area contributed by atoms with Gasteiger partial charge in [-0.05, 0) is 23.0 Å². The lowest BCUT2D eigenvalue weighted by atomic mass is 10.4. The van der Waals surface area contributed by atoms with Crippen molar-refractivity contribution in [1.29, 1.82) is 0 Å². The van der Waals surface area contributed by atoms with E-state index in [0.29, 0.717) is 6.54 Å². The van der Waals surface area contributed by atoms with Crippen molar-refractivity contribution in [3.8, 4) is 0 Å². The molecule has 0 saturated heterocycles. The lowest BCUT2D eigenvalue weighted by Crippen LogP contribution is -2.07. The van der Waals surface area contributed by atoms with Crippen molar-refractivity contribution in [2.24, 2.45) is 7.05 Å². The van der Waals surface area contributed by atoms with Crippen molar-refractivity contribution in [2.75, 3.05) is 5.32 Å². The van der Waals surface area contributed by atoms with E-state index < -0.39 is 0 Å². The Bertz CT molecular complexity index is 690. The highest BCUT2D eigenvalue weighted by molar-refractivity contribution is 7.16. The molecular weight excluding hydrogens is 270 g/mol. The first kappa shape index (κ1) is 11.4. The average molecular weight is 280 g/mol. The van der Waals surface area contributed by atoms with Gasteiger partial charge in [0.25, 0.3) is 0 Å².